The van der Waals surface area contributed by atoms with Gasteiger partial charge >= 0.3 is 5.97 Å². The first-order valence-electron chi connectivity index (χ1n) is 13.9. The number of carboxylic acids is 1. The third kappa shape index (κ3) is 27.5. The smallest absolute Gasteiger partial charge is 0.303 e. The number of rotatable bonds is 25. The Morgan fingerprint density at radius 2 is 1.03 bits per heavy atom. The summed E-state index contributed by atoms with van der Waals surface area (Å²) in [5.74, 6) is -0.707. The van der Waals surface area contributed by atoms with E-state index in [-0.39, 0.29) is 6.42 Å². The Labute approximate surface area is 208 Å². The highest BCUT2D eigenvalue weighted by Crippen LogP contribution is 2.16. The zero-order valence-electron chi connectivity index (χ0n) is 21.2. The average Bonchev–Trinajstić information content (AvgIpc) is 2.77. The van der Waals surface area contributed by atoms with Gasteiger partial charge in [-0.25, -0.2) is 0 Å². The second kappa shape index (κ2) is 26.7. The molecule has 0 atom stereocenters. The molecular formula is C29H53BrO2. The summed E-state index contributed by atoms with van der Waals surface area (Å²) in [6.45, 7) is 2.29. The average molecular weight is 514 g/mol. The summed E-state index contributed by atoms with van der Waals surface area (Å²) >= 11 is 3.58. The summed E-state index contributed by atoms with van der Waals surface area (Å²) in [6, 6.07) is 0. The van der Waals surface area contributed by atoms with Gasteiger partial charge in [-0.1, -0.05) is 144 Å². The number of carboxylic acid groups (broad SMARTS) is 1. The third-order valence-corrected chi connectivity index (χ3v) is 6.87. The van der Waals surface area contributed by atoms with E-state index in [4.69, 9.17) is 5.11 Å². The number of halogens is 1. The molecule has 0 bridgehead atoms. The van der Waals surface area contributed by atoms with Gasteiger partial charge in [0.25, 0.3) is 0 Å². The molecule has 0 fully saturated rings. The highest BCUT2D eigenvalue weighted by Gasteiger charge is 1.96. The summed E-state index contributed by atoms with van der Waals surface area (Å²) in [4.78, 5) is 10.5. The number of allylic oxidation sites excluding steroid dienone is 4. The zero-order valence-corrected chi connectivity index (χ0v) is 22.8. The maximum atomic E-state index is 10.5. The predicted molar refractivity (Wildman–Crippen MR) is 146 cm³/mol. The lowest BCUT2D eigenvalue weighted by Gasteiger charge is -2.03. The highest BCUT2D eigenvalue weighted by molar-refractivity contribution is 9.11. The molecule has 0 spiro atoms. The molecule has 0 heterocycles. The van der Waals surface area contributed by atoms with Crippen molar-refractivity contribution in [1.29, 1.82) is 0 Å². The quantitative estimate of drug-likeness (QED) is 0.0973. The summed E-state index contributed by atoms with van der Waals surface area (Å²) < 4.78 is 1.20. The molecule has 0 aromatic carbocycles. The van der Waals surface area contributed by atoms with E-state index in [2.05, 4.69) is 41.1 Å². The summed E-state index contributed by atoms with van der Waals surface area (Å²) in [6.07, 6.45) is 36.1. The normalized spacial score (nSPS) is 12.1. The fourth-order valence-electron chi connectivity index (χ4n) is 4.06. The van der Waals surface area contributed by atoms with Crippen LogP contribution < -0.4 is 0 Å². The molecule has 2 nitrogen and oxygen atoms in total. The lowest BCUT2D eigenvalue weighted by atomic mass is 10.0. The van der Waals surface area contributed by atoms with Crippen molar-refractivity contribution in [2.75, 3.05) is 0 Å². The molecule has 0 rings (SSSR count). The van der Waals surface area contributed by atoms with Crippen LogP contribution in [-0.4, -0.2) is 11.1 Å². The molecule has 0 saturated heterocycles. The molecule has 0 radical (unpaired) electrons. The van der Waals surface area contributed by atoms with Crippen LogP contribution in [0.1, 0.15) is 155 Å². The van der Waals surface area contributed by atoms with Crippen molar-refractivity contribution in [1.82, 2.24) is 0 Å². The van der Waals surface area contributed by atoms with Crippen LogP contribution in [0.25, 0.3) is 0 Å². The molecule has 0 aliphatic rings. The maximum Gasteiger partial charge on any atom is 0.303 e. The summed E-state index contributed by atoms with van der Waals surface area (Å²) in [5, 5.41) is 8.63. The van der Waals surface area contributed by atoms with Crippen molar-refractivity contribution in [3.05, 3.63) is 22.7 Å². The van der Waals surface area contributed by atoms with Crippen LogP contribution in [-0.2, 0) is 4.79 Å². The molecule has 0 aromatic rings. The van der Waals surface area contributed by atoms with Crippen molar-refractivity contribution in [3.63, 3.8) is 0 Å². The molecule has 1 N–H and O–H groups in total. The SMILES string of the molecule is CCCCCCCCCCCCCCCCCCC/C=C\CC/C(Br)=C\CCCC(=O)O. The Balaban J connectivity index is 3.22. The van der Waals surface area contributed by atoms with E-state index in [1.54, 1.807) is 0 Å². The molecule has 3 heteroatoms. The topological polar surface area (TPSA) is 37.3 Å². The molecule has 0 unspecified atom stereocenters. The minimum atomic E-state index is -0.707. The summed E-state index contributed by atoms with van der Waals surface area (Å²) in [7, 11) is 0. The van der Waals surface area contributed by atoms with E-state index in [0.29, 0.717) is 0 Å². The van der Waals surface area contributed by atoms with Crippen molar-refractivity contribution >= 4 is 21.9 Å². The molecule has 0 saturated carbocycles. The monoisotopic (exact) mass is 512 g/mol. The zero-order chi connectivity index (χ0) is 23.5. The first kappa shape index (κ1) is 31.4. The van der Waals surface area contributed by atoms with Crippen molar-refractivity contribution < 1.29 is 9.90 Å². The van der Waals surface area contributed by atoms with E-state index < -0.39 is 5.97 Å². The lowest BCUT2D eigenvalue weighted by molar-refractivity contribution is -0.137. The van der Waals surface area contributed by atoms with Crippen LogP contribution in [0.4, 0.5) is 0 Å². The second-order valence-corrected chi connectivity index (χ2v) is 10.4. The molecule has 0 aliphatic carbocycles. The van der Waals surface area contributed by atoms with Crippen LogP contribution in [0.15, 0.2) is 22.7 Å². The first-order chi connectivity index (χ1) is 15.7. The number of hydrogen-bond acceptors (Lipinski definition) is 1. The van der Waals surface area contributed by atoms with Crippen LogP contribution >= 0.6 is 15.9 Å². The Bertz CT molecular complexity index is 456. The molecule has 0 amide bonds. The largest absolute Gasteiger partial charge is 0.481 e. The van der Waals surface area contributed by atoms with Gasteiger partial charge < -0.3 is 5.11 Å². The van der Waals surface area contributed by atoms with Gasteiger partial charge in [-0.05, 0) is 43.0 Å². The number of carbonyl (C=O) groups is 1. The second-order valence-electron chi connectivity index (χ2n) is 9.39. The predicted octanol–water partition coefficient (Wildman–Crippen LogP) is 10.9. The van der Waals surface area contributed by atoms with Crippen molar-refractivity contribution in [2.24, 2.45) is 0 Å². The Kier molecular flexibility index (Phi) is 26.2. The Morgan fingerprint density at radius 3 is 1.50 bits per heavy atom. The molecule has 188 valence electrons. The molecule has 0 aromatic heterocycles. The minimum absolute atomic E-state index is 0.260. The van der Waals surface area contributed by atoms with Gasteiger partial charge in [0.1, 0.15) is 0 Å². The van der Waals surface area contributed by atoms with Gasteiger partial charge in [-0.15, -0.1) is 0 Å². The lowest BCUT2D eigenvalue weighted by Crippen LogP contribution is -1.92. The standard InChI is InChI=1S/C29H53BrO2/c1-2-3-4-5-6-7-8-9-10-11-12-13-14-15-16-17-18-19-20-21-22-25-28(30)26-23-24-27-29(31)32/h20-21,26H,2-19,22-25,27H2,1H3,(H,31,32)/b21-20-,28-26+. The van der Waals surface area contributed by atoms with Crippen molar-refractivity contribution in [2.45, 2.75) is 155 Å². The first-order valence-corrected chi connectivity index (χ1v) is 14.7. The van der Waals surface area contributed by atoms with E-state index >= 15 is 0 Å². The fraction of sp³-hybridized carbons (Fsp3) is 0.828. The Morgan fingerprint density at radius 1 is 0.594 bits per heavy atom. The van der Waals surface area contributed by atoms with Gasteiger partial charge in [-0.3, -0.25) is 4.79 Å². The van der Waals surface area contributed by atoms with E-state index in [1.165, 1.54) is 120 Å². The van der Waals surface area contributed by atoms with Gasteiger partial charge in [0.15, 0.2) is 0 Å². The Hall–Kier alpha value is -0.570. The maximum absolute atomic E-state index is 10.5. The van der Waals surface area contributed by atoms with E-state index in [9.17, 15) is 4.79 Å². The third-order valence-electron chi connectivity index (χ3n) is 6.15. The van der Waals surface area contributed by atoms with Gasteiger partial charge in [0.05, 0.1) is 0 Å². The van der Waals surface area contributed by atoms with E-state index in [1.807, 2.05) is 0 Å². The van der Waals surface area contributed by atoms with Gasteiger partial charge in [0, 0.05) is 6.42 Å². The van der Waals surface area contributed by atoms with Crippen LogP contribution in [0, 0.1) is 0 Å². The minimum Gasteiger partial charge on any atom is -0.481 e. The molecular weight excluding hydrogens is 460 g/mol. The molecule has 32 heavy (non-hydrogen) atoms. The van der Waals surface area contributed by atoms with Crippen LogP contribution in [0.5, 0.6) is 0 Å². The highest BCUT2D eigenvalue weighted by atomic mass is 79.9. The van der Waals surface area contributed by atoms with Crippen molar-refractivity contribution in [3.8, 4) is 0 Å². The number of hydrogen-bond donors (Lipinski definition) is 1. The fourth-order valence-corrected chi connectivity index (χ4v) is 4.52. The number of unbranched alkanes of at least 4 members (excludes halogenated alkanes) is 18. The van der Waals surface area contributed by atoms with Gasteiger partial charge in [0.2, 0.25) is 0 Å². The summed E-state index contributed by atoms with van der Waals surface area (Å²) in [5.41, 5.74) is 0. The van der Waals surface area contributed by atoms with Crippen LogP contribution in [0.3, 0.4) is 0 Å². The number of aliphatic carboxylic acids is 1. The molecule has 0 aliphatic heterocycles. The van der Waals surface area contributed by atoms with Gasteiger partial charge in [-0.2, -0.15) is 0 Å². The van der Waals surface area contributed by atoms with Crippen LogP contribution in [0.2, 0.25) is 0 Å². The van der Waals surface area contributed by atoms with E-state index in [0.717, 1.165) is 25.7 Å².